The molecule has 7 nitrogen and oxygen atoms in total. The average molecular weight is 491 g/mol. The highest BCUT2D eigenvalue weighted by atomic mass is 16.6. The molecule has 0 spiro atoms. The van der Waals surface area contributed by atoms with Crippen molar-refractivity contribution in [2.75, 3.05) is 0 Å². The van der Waals surface area contributed by atoms with Crippen LogP contribution in [0.25, 0.3) is 0 Å². The summed E-state index contributed by atoms with van der Waals surface area (Å²) in [6.07, 6.45) is 3.57. The van der Waals surface area contributed by atoms with E-state index in [1.54, 1.807) is 0 Å². The topological polar surface area (TPSA) is 110 Å². The van der Waals surface area contributed by atoms with E-state index in [4.69, 9.17) is 9.47 Å². The van der Waals surface area contributed by atoms with Crippen LogP contribution in [0, 0.1) is 34.5 Å². The van der Waals surface area contributed by atoms with Gasteiger partial charge in [-0.3, -0.25) is 14.4 Å². The smallest absolute Gasteiger partial charge is 0.306 e. The van der Waals surface area contributed by atoms with Gasteiger partial charge in [0.05, 0.1) is 11.7 Å². The van der Waals surface area contributed by atoms with Gasteiger partial charge in [0.15, 0.2) is 0 Å². The van der Waals surface area contributed by atoms with Crippen LogP contribution in [0.2, 0.25) is 0 Å². The summed E-state index contributed by atoms with van der Waals surface area (Å²) < 4.78 is 12.2. The first-order valence-electron chi connectivity index (χ1n) is 13.2. The molecule has 0 aromatic heterocycles. The van der Waals surface area contributed by atoms with Crippen LogP contribution in [0.4, 0.5) is 0 Å². The van der Waals surface area contributed by atoms with Gasteiger partial charge in [0, 0.05) is 30.6 Å². The summed E-state index contributed by atoms with van der Waals surface area (Å²) in [5, 5.41) is 22.9. The van der Waals surface area contributed by atoms with Crippen LogP contribution < -0.4 is 0 Å². The number of aliphatic hydroxyl groups excluding tert-OH is 1. The van der Waals surface area contributed by atoms with E-state index in [0.29, 0.717) is 38.5 Å². The Morgan fingerprint density at radius 1 is 1.11 bits per heavy atom. The van der Waals surface area contributed by atoms with E-state index in [0.717, 1.165) is 5.57 Å². The molecule has 4 aliphatic carbocycles. The molecule has 2 N–H and O–H groups in total. The average Bonchev–Trinajstić information content (AvgIpc) is 3.02. The molecule has 0 aromatic rings. The number of rotatable bonds is 5. The summed E-state index contributed by atoms with van der Waals surface area (Å²) in [4.78, 5) is 38.4. The number of aliphatic hydroxyl groups is 2. The van der Waals surface area contributed by atoms with Gasteiger partial charge in [0.1, 0.15) is 18.0 Å². The highest BCUT2D eigenvalue weighted by molar-refractivity contribution is 5.80. The standard InChI is InChI=1S/C28H42O7/c1-15(2)13-22(32)35-25-24(34-17(4)30)23-21(8-7-18-14-19(31)9-11-26(18,23)5)28(33)12-10-20(16(3)29)27(25,28)6/h7,15,19-21,23-25,31,33H,8-14H2,1-6H3/t19-,20+,21-,23?,24-,25+,26-,27-,28-/m0/s1. The molecule has 196 valence electrons. The fraction of sp³-hybridized carbons (Fsp3) is 0.821. The third kappa shape index (κ3) is 3.97. The van der Waals surface area contributed by atoms with Crippen molar-refractivity contribution in [1.82, 2.24) is 0 Å². The van der Waals surface area contributed by atoms with Crippen molar-refractivity contribution in [3.05, 3.63) is 11.6 Å². The maximum Gasteiger partial charge on any atom is 0.306 e. The van der Waals surface area contributed by atoms with Gasteiger partial charge in [-0.1, -0.05) is 39.3 Å². The lowest BCUT2D eigenvalue weighted by atomic mass is 9.44. The SMILES string of the molecule is CC(=O)O[C@H]1C2[C@H](CC=C3C[C@@H](O)CC[C@@]32C)[C@@]2(O)CC[C@H](C(C)=O)[C@@]2(C)[C@@H]1OC(=O)CC(C)C. The number of hydrogen-bond acceptors (Lipinski definition) is 7. The molecule has 0 heterocycles. The first kappa shape index (κ1) is 26.3. The zero-order valence-electron chi connectivity index (χ0n) is 22.0. The van der Waals surface area contributed by atoms with Crippen LogP contribution >= 0.6 is 0 Å². The summed E-state index contributed by atoms with van der Waals surface area (Å²) in [6.45, 7) is 10.7. The zero-order valence-corrected chi connectivity index (χ0v) is 22.0. The molecular formula is C28H42O7. The van der Waals surface area contributed by atoms with Crippen LogP contribution in [0.3, 0.4) is 0 Å². The van der Waals surface area contributed by atoms with Gasteiger partial charge in [-0.15, -0.1) is 0 Å². The third-order valence-electron chi connectivity index (χ3n) is 9.93. The summed E-state index contributed by atoms with van der Waals surface area (Å²) in [5.41, 5.74) is -1.64. The van der Waals surface area contributed by atoms with E-state index in [-0.39, 0.29) is 30.0 Å². The van der Waals surface area contributed by atoms with Crippen LogP contribution in [0.15, 0.2) is 11.6 Å². The molecule has 1 unspecified atom stereocenters. The Hall–Kier alpha value is -1.73. The summed E-state index contributed by atoms with van der Waals surface area (Å²) in [6, 6.07) is 0. The number of Topliss-reactive ketones (excluding diaryl/α,β-unsaturated/α-hetero) is 1. The minimum Gasteiger partial charge on any atom is -0.458 e. The van der Waals surface area contributed by atoms with Crippen molar-refractivity contribution < 1.29 is 34.1 Å². The number of hydrogen-bond donors (Lipinski definition) is 2. The van der Waals surface area contributed by atoms with Gasteiger partial charge in [-0.2, -0.15) is 0 Å². The van der Waals surface area contributed by atoms with Gasteiger partial charge in [-0.05, 0) is 62.7 Å². The molecule has 0 saturated heterocycles. The summed E-state index contributed by atoms with van der Waals surface area (Å²) >= 11 is 0. The highest BCUT2D eigenvalue weighted by Gasteiger charge is 2.75. The minimum absolute atomic E-state index is 0.0487. The summed E-state index contributed by atoms with van der Waals surface area (Å²) in [7, 11) is 0. The van der Waals surface area contributed by atoms with E-state index in [2.05, 4.69) is 13.0 Å². The molecule has 3 saturated carbocycles. The second-order valence-electron chi connectivity index (χ2n) is 12.4. The number of ether oxygens (including phenoxy) is 2. The first-order valence-corrected chi connectivity index (χ1v) is 13.2. The molecule has 0 amide bonds. The quantitative estimate of drug-likeness (QED) is 0.446. The van der Waals surface area contributed by atoms with Gasteiger partial charge in [-0.25, -0.2) is 0 Å². The van der Waals surface area contributed by atoms with E-state index < -0.39 is 52.6 Å². The van der Waals surface area contributed by atoms with Crippen molar-refractivity contribution >= 4 is 17.7 Å². The Bertz CT molecular complexity index is 924. The van der Waals surface area contributed by atoms with Crippen molar-refractivity contribution in [2.24, 2.45) is 34.5 Å². The Balaban J connectivity index is 1.90. The molecule has 9 atom stereocenters. The molecular weight excluding hydrogens is 448 g/mol. The number of carbonyl (C=O) groups is 3. The second-order valence-corrected chi connectivity index (χ2v) is 12.4. The van der Waals surface area contributed by atoms with Gasteiger partial charge >= 0.3 is 11.9 Å². The van der Waals surface area contributed by atoms with Crippen molar-refractivity contribution in [3.63, 3.8) is 0 Å². The minimum atomic E-state index is -1.26. The van der Waals surface area contributed by atoms with Crippen molar-refractivity contribution in [3.8, 4) is 0 Å². The molecule has 7 heteroatoms. The van der Waals surface area contributed by atoms with Crippen LogP contribution in [-0.4, -0.2) is 51.8 Å². The Labute approximate surface area is 208 Å². The predicted molar refractivity (Wildman–Crippen MR) is 129 cm³/mol. The van der Waals surface area contributed by atoms with Crippen LogP contribution in [-0.2, 0) is 23.9 Å². The molecule has 0 radical (unpaired) electrons. The van der Waals surface area contributed by atoms with E-state index in [9.17, 15) is 24.6 Å². The second kappa shape index (κ2) is 8.98. The predicted octanol–water partition coefficient (Wildman–Crippen LogP) is 3.74. The normalized spacial score (nSPS) is 44.5. The Morgan fingerprint density at radius 2 is 1.80 bits per heavy atom. The molecule has 4 aliphatic rings. The van der Waals surface area contributed by atoms with Gasteiger partial charge in [0.2, 0.25) is 0 Å². The maximum absolute atomic E-state index is 13.1. The molecule has 3 fully saturated rings. The molecule has 4 rings (SSSR count). The van der Waals surface area contributed by atoms with Gasteiger partial charge < -0.3 is 19.7 Å². The number of ketones is 1. The number of carbonyl (C=O) groups excluding carboxylic acids is 3. The summed E-state index contributed by atoms with van der Waals surface area (Å²) in [5.74, 6) is -1.91. The number of allylic oxidation sites excluding steroid dienone is 1. The maximum atomic E-state index is 13.1. The van der Waals surface area contributed by atoms with Gasteiger partial charge in [0.25, 0.3) is 0 Å². The number of esters is 2. The number of fused-ring (bicyclic) bond motifs is 5. The van der Waals surface area contributed by atoms with E-state index >= 15 is 0 Å². The van der Waals surface area contributed by atoms with Crippen LogP contribution in [0.5, 0.6) is 0 Å². The lowest BCUT2D eigenvalue weighted by Crippen LogP contribution is -2.72. The van der Waals surface area contributed by atoms with Crippen molar-refractivity contribution in [1.29, 1.82) is 0 Å². The molecule has 35 heavy (non-hydrogen) atoms. The fourth-order valence-corrected chi connectivity index (χ4v) is 8.32. The Morgan fingerprint density at radius 3 is 2.40 bits per heavy atom. The van der Waals surface area contributed by atoms with Crippen LogP contribution in [0.1, 0.15) is 86.5 Å². The monoisotopic (exact) mass is 490 g/mol. The van der Waals surface area contributed by atoms with E-state index in [1.807, 2.05) is 20.8 Å². The zero-order chi connectivity index (χ0) is 25.9. The van der Waals surface area contributed by atoms with E-state index in [1.165, 1.54) is 13.8 Å². The first-order chi connectivity index (χ1) is 16.3. The largest absolute Gasteiger partial charge is 0.458 e. The molecule has 0 bridgehead atoms. The van der Waals surface area contributed by atoms with Crippen molar-refractivity contribution in [2.45, 2.75) is 110 Å². The fourth-order valence-electron chi connectivity index (χ4n) is 8.32. The Kier molecular flexibility index (Phi) is 6.76. The lowest BCUT2D eigenvalue weighted by Gasteiger charge is -2.64. The molecule has 0 aliphatic heterocycles. The lowest BCUT2D eigenvalue weighted by molar-refractivity contribution is -0.274. The highest BCUT2D eigenvalue weighted by Crippen LogP contribution is 2.69. The third-order valence-corrected chi connectivity index (χ3v) is 9.93. The molecule has 0 aromatic carbocycles.